The highest BCUT2D eigenvalue weighted by atomic mass is 14.9. The minimum atomic E-state index is 0.514. The summed E-state index contributed by atoms with van der Waals surface area (Å²) < 4.78 is 0. The third-order valence-electron chi connectivity index (χ3n) is 3.98. The molecule has 0 saturated heterocycles. The zero-order valence-corrected chi connectivity index (χ0v) is 11.6. The van der Waals surface area contributed by atoms with Crippen LogP contribution in [0.2, 0.25) is 0 Å². The van der Waals surface area contributed by atoms with Crippen LogP contribution in [-0.4, -0.2) is 5.84 Å². The molecule has 1 aromatic rings. The molecule has 2 N–H and O–H groups in total. The molecule has 0 bridgehead atoms. The van der Waals surface area contributed by atoms with E-state index in [1.165, 1.54) is 36.8 Å². The molecule has 2 rings (SSSR count). The predicted octanol–water partition coefficient (Wildman–Crippen LogP) is 3.99. The lowest BCUT2D eigenvalue weighted by atomic mass is 10.0. The van der Waals surface area contributed by atoms with Crippen molar-refractivity contribution in [1.82, 2.24) is 0 Å². The van der Waals surface area contributed by atoms with Gasteiger partial charge in [-0.15, -0.1) is 0 Å². The van der Waals surface area contributed by atoms with Gasteiger partial charge in [-0.05, 0) is 36.8 Å². The Bertz CT molecular complexity index is 406. The molecule has 1 saturated carbocycles. The van der Waals surface area contributed by atoms with Crippen molar-refractivity contribution in [3.05, 3.63) is 29.3 Å². The summed E-state index contributed by atoms with van der Waals surface area (Å²) in [5.74, 6) is 1.36. The first-order chi connectivity index (χ1) is 8.76. The monoisotopic (exact) mass is 244 g/mol. The van der Waals surface area contributed by atoms with E-state index in [4.69, 9.17) is 10.7 Å². The maximum Gasteiger partial charge on any atom is 0.103 e. The van der Waals surface area contributed by atoms with Crippen LogP contribution in [0.25, 0.3) is 0 Å². The van der Waals surface area contributed by atoms with Crippen LogP contribution in [0.5, 0.6) is 0 Å². The minimum Gasteiger partial charge on any atom is -0.387 e. The molecular formula is C16H24N2. The number of para-hydroxylation sites is 1. The van der Waals surface area contributed by atoms with Crippen molar-refractivity contribution in [2.24, 2.45) is 16.6 Å². The Morgan fingerprint density at radius 1 is 1.17 bits per heavy atom. The predicted molar refractivity (Wildman–Crippen MR) is 78.4 cm³/mol. The van der Waals surface area contributed by atoms with Gasteiger partial charge in [0.1, 0.15) is 5.84 Å². The highest BCUT2D eigenvalue weighted by Gasteiger charge is 2.19. The van der Waals surface area contributed by atoms with Gasteiger partial charge in [-0.2, -0.15) is 0 Å². The SMILES string of the molecule is CCc1cccc(CC)c1N=C(N)C1CCCC1. The summed E-state index contributed by atoms with van der Waals surface area (Å²) in [4.78, 5) is 4.78. The topological polar surface area (TPSA) is 38.4 Å². The number of rotatable bonds is 4. The van der Waals surface area contributed by atoms with Crippen molar-refractivity contribution in [2.45, 2.75) is 52.4 Å². The number of benzene rings is 1. The van der Waals surface area contributed by atoms with Gasteiger partial charge < -0.3 is 5.73 Å². The largest absolute Gasteiger partial charge is 0.387 e. The van der Waals surface area contributed by atoms with E-state index in [0.717, 1.165) is 24.4 Å². The van der Waals surface area contributed by atoms with Gasteiger partial charge in [0.05, 0.1) is 5.69 Å². The molecule has 0 amide bonds. The fourth-order valence-corrected chi connectivity index (χ4v) is 2.80. The molecule has 2 nitrogen and oxygen atoms in total. The number of nitrogens with two attached hydrogens (primary N) is 1. The molecule has 18 heavy (non-hydrogen) atoms. The summed E-state index contributed by atoms with van der Waals surface area (Å²) in [5.41, 5.74) is 9.97. The molecule has 2 heteroatoms. The van der Waals surface area contributed by atoms with Gasteiger partial charge in [0.2, 0.25) is 0 Å². The number of hydrogen-bond acceptors (Lipinski definition) is 1. The molecule has 0 spiro atoms. The number of aliphatic imine (C=N–C) groups is 1. The lowest BCUT2D eigenvalue weighted by molar-refractivity contribution is 0.721. The normalized spacial score (nSPS) is 17.3. The first kappa shape index (κ1) is 13.1. The Kier molecular flexibility index (Phi) is 4.40. The maximum atomic E-state index is 6.21. The van der Waals surface area contributed by atoms with Gasteiger partial charge in [0.25, 0.3) is 0 Å². The van der Waals surface area contributed by atoms with Gasteiger partial charge in [-0.25, -0.2) is 4.99 Å². The number of aryl methyl sites for hydroxylation is 2. The average molecular weight is 244 g/mol. The lowest BCUT2D eigenvalue weighted by Crippen LogP contribution is -2.21. The third-order valence-corrected chi connectivity index (χ3v) is 3.98. The van der Waals surface area contributed by atoms with Gasteiger partial charge in [-0.3, -0.25) is 0 Å². The van der Waals surface area contributed by atoms with E-state index in [1.54, 1.807) is 0 Å². The molecule has 1 fully saturated rings. The Labute approximate surface area is 110 Å². The molecule has 0 aliphatic heterocycles. The van der Waals surface area contributed by atoms with Crippen LogP contribution in [0.1, 0.15) is 50.7 Å². The lowest BCUT2D eigenvalue weighted by Gasteiger charge is -2.12. The first-order valence-corrected chi connectivity index (χ1v) is 7.21. The van der Waals surface area contributed by atoms with Crippen molar-refractivity contribution < 1.29 is 0 Å². The highest BCUT2D eigenvalue weighted by Crippen LogP contribution is 2.29. The Hall–Kier alpha value is -1.31. The van der Waals surface area contributed by atoms with Crippen LogP contribution in [0.15, 0.2) is 23.2 Å². The molecule has 0 aromatic heterocycles. The summed E-state index contributed by atoms with van der Waals surface area (Å²) in [6, 6.07) is 6.46. The Morgan fingerprint density at radius 3 is 2.22 bits per heavy atom. The third kappa shape index (κ3) is 2.74. The van der Waals surface area contributed by atoms with Crippen LogP contribution in [0.4, 0.5) is 5.69 Å². The fraction of sp³-hybridized carbons (Fsp3) is 0.562. The van der Waals surface area contributed by atoms with E-state index >= 15 is 0 Å². The van der Waals surface area contributed by atoms with E-state index in [-0.39, 0.29) is 0 Å². The molecule has 0 atom stereocenters. The maximum absolute atomic E-state index is 6.21. The second kappa shape index (κ2) is 6.03. The van der Waals surface area contributed by atoms with E-state index in [2.05, 4.69) is 32.0 Å². The van der Waals surface area contributed by atoms with Gasteiger partial charge >= 0.3 is 0 Å². The van der Waals surface area contributed by atoms with Crippen LogP contribution in [0.3, 0.4) is 0 Å². The molecule has 1 aliphatic rings. The van der Waals surface area contributed by atoms with E-state index in [1.807, 2.05) is 0 Å². The molecule has 0 unspecified atom stereocenters. The van der Waals surface area contributed by atoms with Crippen LogP contribution >= 0.6 is 0 Å². The molecule has 1 aliphatic carbocycles. The van der Waals surface area contributed by atoms with Crippen molar-refractivity contribution in [3.8, 4) is 0 Å². The zero-order valence-electron chi connectivity index (χ0n) is 11.6. The van der Waals surface area contributed by atoms with Crippen LogP contribution in [-0.2, 0) is 12.8 Å². The fourth-order valence-electron chi connectivity index (χ4n) is 2.80. The van der Waals surface area contributed by atoms with Crippen molar-refractivity contribution in [2.75, 3.05) is 0 Å². The number of hydrogen-bond donors (Lipinski definition) is 1. The van der Waals surface area contributed by atoms with E-state index in [9.17, 15) is 0 Å². The average Bonchev–Trinajstić information content (AvgIpc) is 2.93. The number of amidine groups is 1. The standard InChI is InChI=1S/C16H24N2/c1-3-12-10-7-11-13(4-2)15(12)18-16(17)14-8-5-6-9-14/h7,10-11,14H,3-6,8-9H2,1-2H3,(H2,17,18). The van der Waals surface area contributed by atoms with Crippen molar-refractivity contribution in [1.29, 1.82) is 0 Å². The molecule has 1 aromatic carbocycles. The zero-order chi connectivity index (χ0) is 13.0. The van der Waals surface area contributed by atoms with E-state index < -0.39 is 0 Å². The molecule has 0 heterocycles. The van der Waals surface area contributed by atoms with Crippen molar-refractivity contribution >= 4 is 11.5 Å². The Balaban J connectivity index is 2.33. The van der Waals surface area contributed by atoms with Gasteiger partial charge in [0, 0.05) is 5.92 Å². The van der Waals surface area contributed by atoms with Gasteiger partial charge in [0.15, 0.2) is 0 Å². The smallest absolute Gasteiger partial charge is 0.103 e. The summed E-state index contributed by atoms with van der Waals surface area (Å²) in [7, 11) is 0. The second-order valence-corrected chi connectivity index (χ2v) is 5.15. The van der Waals surface area contributed by atoms with E-state index in [0.29, 0.717) is 5.92 Å². The molecule has 98 valence electrons. The number of nitrogens with zero attached hydrogens (tertiary/aromatic N) is 1. The second-order valence-electron chi connectivity index (χ2n) is 5.15. The van der Waals surface area contributed by atoms with Crippen molar-refractivity contribution in [3.63, 3.8) is 0 Å². The Morgan fingerprint density at radius 2 is 1.72 bits per heavy atom. The van der Waals surface area contributed by atoms with Crippen LogP contribution in [0, 0.1) is 5.92 Å². The van der Waals surface area contributed by atoms with Gasteiger partial charge in [-0.1, -0.05) is 44.9 Å². The summed E-state index contributed by atoms with van der Waals surface area (Å²) in [5, 5.41) is 0. The quantitative estimate of drug-likeness (QED) is 0.631. The highest BCUT2D eigenvalue weighted by molar-refractivity contribution is 5.86. The summed E-state index contributed by atoms with van der Waals surface area (Å²) >= 11 is 0. The minimum absolute atomic E-state index is 0.514. The molecule has 0 radical (unpaired) electrons. The summed E-state index contributed by atoms with van der Waals surface area (Å²) in [6.45, 7) is 4.36. The molecular weight excluding hydrogens is 220 g/mol. The van der Waals surface area contributed by atoms with Crippen LogP contribution < -0.4 is 5.73 Å². The first-order valence-electron chi connectivity index (χ1n) is 7.21. The summed E-state index contributed by atoms with van der Waals surface area (Å²) in [6.07, 6.45) is 7.07.